The molecule has 0 spiro atoms. The Morgan fingerprint density at radius 1 is 1.05 bits per heavy atom. The first-order valence-electron chi connectivity index (χ1n) is 6.73. The third-order valence-electron chi connectivity index (χ3n) is 3.35. The number of rotatable bonds is 6. The van der Waals surface area contributed by atoms with E-state index in [0.717, 1.165) is 30.6 Å². The summed E-state index contributed by atoms with van der Waals surface area (Å²) in [6.45, 7) is 0. The van der Waals surface area contributed by atoms with Gasteiger partial charge in [0, 0.05) is 6.04 Å². The zero-order chi connectivity index (χ0) is 13.5. The molecule has 0 amide bonds. The number of benzene rings is 2. The Labute approximate surface area is 115 Å². The molecular weight excluding hydrogens is 234 g/mol. The minimum atomic E-state index is 0.0822. The van der Waals surface area contributed by atoms with Crippen LogP contribution < -0.4 is 10.5 Å². The van der Waals surface area contributed by atoms with Crippen molar-refractivity contribution in [3.05, 3.63) is 65.7 Å². The van der Waals surface area contributed by atoms with E-state index in [4.69, 9.17) is 10.5 Å². The molecule has 2 rings (SSSR count). The second-order valence-corrected chi connectivity index (χ2v) is 4.76. The molecule has 2 aromatic carbocycles. The van der Waals surface area contributed by atoms with Gasteiger partial charge < -0.3 is 10.5 Å². The fourth-order valence-corrected chi connectivity index (χ4v) is 2.21. The zero-order valence-corrected chi connectivity index (χ0v) is 11.4. The molecule has 2 N–H and O–H groups in total. The van der Waals surface area contributed by atoms with Crippen LogP contribution in [0.25, 0.3) is 0 Å². The van der Waals surface area contributed by atoms with Crippen molar-refractivity contribution >= 4 is 0 Å². The fourth-order valence-electron chi connectivity index (χ4n) is 2.21. The smallest absolute Gasteiger partial charge is 0.119 e. The second-order valence-electron chi connectivity index (χ2n) is 4.76. The van der Waals surface area contributed by atoms with Crippen molar-refractivity contribution in [2.24, 2.45) is 5.73 Å². The number of hydrogen-bond donors (Lipinski definition) is 1. The van der Waals surface area contributed by atoms with Crippen molar-refractivity contribution < 1.29 is 4.74 Å². The van der Waals surface area contributed by atoms with Gasteiger partial charge in [0.25, 0.3) is 0 Å². The Morgan fingerprint density at radius 2 is 1.84 bits per heavy atom. The predicted molar refractivity (Wildman–Crippen MR) is 79.3 cm³/mol. The zero-order valence-electron chi connectivity index (χ0n) is 11.4. The maximum atomic E-state index is 6.23. The van der Waals surface area contributed by atoms with Crippen LogP contribution >= 0.6 is 0 Å². The Bertz CT molecular complexity index is 496. The molecule has 0 bridgehead atoms. The van der Waals surface area contributed by atoms with E-state index in [9.17, 15) is 0 Å². The van der Waals surface area contributed by atoms with Gasteiger partial charge >= 0.3 is 0 Å². The summed E-state index contributed by atoms with van der Waals surface area (Å²) in [5.41, 5.74) is 8.75. The van der Waals surface area contributed by atoms with E-state index >= 15 is 0 Å². The van der Waals surface area contributed by atoms with Gasteiger partial charge in [-0.15, -0.1) is 0 Å². The quantitative estimate of drug-likeness (QED) is 0.854. The molecule has 0 saturated heterocycles. The molecule has 1 atom stereocenters. The lowest BCUT2D eigenvalue weighted by Gasteiger charge is -2.13. The molecule has 0 saturated carbocycles. The van der Waals surface area contributed by atoms with Gasteiger partial charge in [-0.2, -0.15) is 0 Å². The van der Waals surface area contributed by atoms with Gasteiger partial charge in [-0.25, -0.2) is 0 Å². The Balaban J connectivity index is 1.85. The van der Waals surface area contributed by atoms with Crippen LogP contribution in [0.1, 0.15) is 30.0 Å². The van der Waals surface area contributed by atoms with E-state index < -0.39 is 0 Å². The molecule has 0 fully saturated rings. The van der Waals surface area contributed by atoms with E-state index in [0.29, 0.717) is 0 Å². The van der Waals surface area contributed by atoms with Crippen molar-refractivity contribution in [1.82, 2.24) is 0 Å². The minimum absolute atomic E-state index is 0.0822. The summed E-state index contributed by atoms with van der Waals surface area (Å²) >= 11 is 0. The van der Waals surface area contributed by atoms with Gasteiger partial charge in [0.05, 0.1) is 7.11 Å². The van der Waals surface area contributed by atoms with Crippen molar-refractivity contribution in [2.75, 3.05) is 7.11 Å². The summed E-state index contributed by atoms with van der Waals surface area (Å²) in [7, 11) is 1.68. The molecule has 0 aliphatic carbocycles. The molecule has 0 aliphatic heterocycles. The fraction of sp³-hybridized carbons (Fsp3) is 0.294. The Kier molecular flexibility index (Phi) is 4.99. The predicted octanol–water partition coefficient (Wildman–Crippen LogP) is 3.72. The maximum absolute atomic E-state index is 6.23. The number of hydrogen-bond acceptors (Lipinski definition) is 2. The third-order valence-corrected chi connectivity index (χ3v) is 3.35. The van der Waals surface area contributed by atoms with Crippen molar-refractivity contribution in [3.8, 4) is 5.75 Å². The highest BCUT2D eigenvalue weighted by molar-refractivity contribution is 5.30. The normalized spacial score (nSPS) is 12.1. The molecular formula is C17H21NO. The highest BCUT2D eigenvalue weighted by Gasteiger charge is 2.06. The summed E-state index contributed by atoms with van der Waals surface area (Å²) < 4.78 is 5.22. The van der Waals surface area contributed by atoms with Crippen LogP contribution in [0.4, 0.5) is 0 Å². The SMILES string of the molecule is COc1cccc(C(N)CCCc2ccccc2)c1. The first kappa shape index (κ1) is 13.6. The number of ether oxygens (including phenoxy) is 1. The molecule has 0 radical (unpaired) electrons. The lowest BCUT2D eigenvalue weighted by Crippen LogP contribution is -2.10. The van der Waals surface area contributed by atoms with Crippen molar-refractivity contribution in [1.29, 1.82) is 0 Å². The largest absolute Gasteiger partial charge is 0.497 e. The number of nitrogens with two attached hydrogens (primary N) is 1. The topological polar surface area (TPSA) is 35.2 Å². The highest BCUT2D eigenvalue weighted by atomic mass is 16.5. The van der Waals surface area contributed by atoms with Gasteiger partial charge in [0.2, 0.25) is 0 Å². The molecule has 2 heteroatoms. The molecule has 2 aromatic rings. The van der Waals surface area contributed by atoms with Crippen LogP contribution in [-0.4, -0.2) is 7.11 Å². The van der Waals surface area contributed by atoms with Crippen LogP contribution in [0.15, 0.2) is 54.6 Å². The maximum Gasteiger partial charge on any atom is 0.119 e. The lowest BCUT2D eigenvalue weighted by molar-refractivity contribution is 0.413. The summed E-state index contributed by atoms with van der Waals surface area (Å²) in [5.74, 6) is 0.871. The van der Waals surface area contributed by atoms with Crippen LogP contribution in [0.2, 0.25) is 0 Å². The second kappa shape index (κ2) is 6.95. The molecule has 19 heavy (non-hydrogen) atoms. The number of aryl methyl sites for hydroxylation is 1. The molecule has 2 nitrogen and oxygen atoms in total. The Hall–Kier alpha value is -1.80. The van der Waals surface area contributed by atoms with Gasteiger partial charge in [-0.3, -0.25) is 0 Å². The molecule has 0 heterocycles. The van der Waals surface area contributed by atoms with Crippen LogP contribution in [0, 0.1) is 0 Å². The van der Waals surface area contributed by atoms with Crippen molar-refractivity contribution in [2.45, 2.75) is 25.3 Å². The van der Waals surface area contributed by atoms with Gasteiger partial charge in [-0.05, 0) is 42.5 Å². The van der Waals surface area contributed by atoms with E-state index in [1.165, 1.54) is 5.56 Å². The van der Waals surface area contributed by atoms with Crippen LogP contribution in [-0.2, 0) is 6.42 Å². The number of methoxy groups -OCH3 is 1. The van der Waals surface area contributed by atoms with Crippen LogP contribution in [0.5, 0.6) is 5.75 Å². The third kappa shape index (κ3) is 4.11. The van der Waals surface area contributed by atoms with Crippen LogP contribution in [0.3, 0.4) is 0 Å². The minimum Gasteiger partial charge on any atom is -0.497 e. The lowest BCUT2D eigenvalue weighted by atomic mass is 10.00. The summed E-state index contributed by atoms with van der Waals surface area (Å²) in [5, 5.41) is 0. The monoisotopic (exact) mass is 255 g/mol. The van der Waals surface area contributed by atoms with Gasteiger partial charge in [-0.1, -0.05) is 42.5 Å². The average Bonchev–Trinajstić information content (AvgIpc) is 2.48. The molecule has 0 aliphatic rings. The van der Waals surface area contributed by atoms with E-state index in [2.05, 4.69) is 30.3 Å². The first-order valence-corrected chi connectivity index (χ1v) is 6.73. The highest BCUT2D eigenvalue weighted by Crippen LogP contribution is 2.21. The summed E-state index contributed by atoms with van der Waals surface area (Å²) in [6, 6.07) is 18.6. The first-order chi connectivity index (χ1) is 9.29. The summed E-state index contributed by atoms with van der Waals surface area (Å²) in [6.07, 6.45) is 3.17. The van der Waals surface area contributed by atoms with Crippen molar-refractivity contribution in [3.63, 3.8) is 0 Å². The molecule has 0 aromatic heterocycles. The van der Waals surface area contributed by atoms with Gasteiger partial charge in [0.15, 0.2) is 0 Å². The van der Waals surface area contributed by atoms with E-state index in [-0.39, 0.29) is 6.04 Å². The van der Waals surface area contributed by atoms with E-state index in [1.807, 2.05) is 24.3 Å². The summed E-state index contributed by atoms with van der Waals surface area (Å²) in [4.78, 5) is 0. The standard InChI is InChI=1S/C17H21NO/c1-19-16-11-6-10-15(13-16)17(18)12-5-9-14-7-3-2-4-8-14/h2-4,6-8,10-11,13,17H,5,9,12,18H2,1H3. The average molecular weight is 255 g/mol. The molecule has 1 unspecified atom stereocenters. The van der Waals surface area contributed by atoms with E-state index in [1.54, 1.807) is 7.11 Å². The van der Waals surface area contributed by atoms with Gasteiger partial charge in [0.1, 0.15) is 5.75 Å². The Morgan fingerprint density at radius 3 is 2.58 bits per heavy atom. The molecule has 100 valence electrons.